The molecule has 0 atom stereocenters. The molecule has 0 aliphatic carbocycles. The zero-order valence-electron chi connectivity index (χ0n) is 8.05. The van der Waals surface area contributed by atoms with Crippen LogP contribution in [0.5, 0.6) is 0 Å². The van der Waals surface area contributed by atoms with Crippen LogP contribution in [0.25, 0.3) is 0 Å². The Labute approximate surface area is 86.5 Å². The molecule has 1 aromatic heterocycles. The second kappa shape index (κ2) is 4.63. The van der Waals surface area contributed by atoms with Crippen molar-refractivity contribution in [2.75, 3.05) is 12.3 Å². The van der Waals surface area contributed by atoms with Crippen LogP contribution in [-0.2, 0) is 4.79 Å². The van der Waals surface area contributed by atoms with E-state index in [1.165, 1.54) is 18.3 Å². The molecule has 1 heterocycles. The van der Waals surface area contributed by atoms with Gasteiger partial charge in [-0.15, -0.1) is 0 Å². The van der Waals surface area contributed by atoms with Crippen molar-refractivity contribution in [3.05, 3.63) is 10.6 Å². The lowest BCUT2D eigenvalue weighted by Crippen LogP contribution is -2.19. The van der Waals surface area contributed by atoms with Gasteiger partial charge in [0.25, 0.3) is 0 Å². The highest BCUT2D eigenvalue weighted by molar-refractivity contribution is 7.16. The molecule has 1 rings (SSSR count). The lowest BCUT2D eigenvalue weighted by molar-refractivity contribution is -0.118. The lowest BCUT2D eigenvalue weighted by atomic mass is 10.4. The zero-order valence-corrected chi connectivity index (χ0v) is 8.86. The molecule has 0 fully saturated rings. The van der Waals surface area contributed by atoms with E-state index in [2.05, 4.69) is 22.1 Å². The summed E-state index contributed by atoms with van der Waals surface area (Å²) in [5.41, 5.74) is 6.34. The molecule has 74 valence electrons. The number of carbonyl (C=O) groups is 1. The van der Waals surface area contributed by atoms with E-state index < -0.39 is 0 Å². The van der Waals surface area contributed by atoms with Crippen molar-refractivity contribution in [3.63, 3.8) is 0 Å². The number of nitrogens with two attached hydrogens (primary N) is 1. The van der Waals surface area contributed by atoms with Crippen molar-refractivity contribution in [2.45, 2.75) is 13.8 Å². The molecule has 14 heavy (non-hydrogen) atoms. The van der Waals surface area contributed by atoms with E-state index in [9.17, 15) is 4.79 Å². The van der Waals surface area contributed by atoms with Crippen LogP contribution in [-0.4, -0.2) is 17.4 Å². The fourth-order valence-electron chi connectivity index (χ4n) is 0.826. The van der Waals surface area contributed by atoms with E-state index >= 15 is 0 Å². The van der Waals surface area contributed by atoms with Gasteiger partial charge in [-0.25, -0.2) is 4.98 Å². The van der Waals surface area contributed by atoms with Gasteiger partial charge in [-0.2, -0.15) is 0 Å². The Morgan fingerprint density at radius 2 is 2.43 bits per heavy atom. The van der Waals surface area contributed by atoms with Crippen LogP contribution in [0.15, 0.2) is 0 Å². The van der Waals surface area contributed by atoms with Crippen molar-refractivity contribution in [1.29, 1.82) is 0 Å². The van der Waals surface area contributed by atoms with E-state index in [1.807, 2.05) is 6.92 Å². The van der Waals surface area contributed by atoms with Gasteiger partial charge in [-0.05, 0) is 6.92 Å². The molecule has 0 saturated carbocycles. The van der Waals surface area contributed by atoms with Crippen molar-refractivity contribution in [1.82, 2.24) is 10.3 Å². The maximum Gasteiger partial charge on any atom is 0.217 e. The van der Waals surface area contributed by atoms with Crippen LogP contribution >= 0.6 is 11.3 Å². The van der Waals surface area contributed by atoms with Gasteiger partial charge in [0.2, 0.25) is 5.91 Å². The van der Waals surface area contributed by atoms with Gasteiger partial charge in [-0.3, -0.25) is 4.79 Å². The Morgan fingerprint density at radius 3 is 2.93 bits per heavy atom. The average molecular weight is 209 g/mol. The summed E-state index contributed by atoms with van der Waals surface area (Å²) in [4.78, 5) is 15.4. The molecule has 0 bridgehead atoms. The largest absolute Gasteiger partial charge is 0.375 e. The Kier molecular flexibility index (Phi) is 3.48. The summed E-state index contributed by atoms with van der Waals surface area (Å²) in [6, 6.07) is 0. The molecule has 0 saturated heterocycles. The smallest absolute Gasteiger partial charge is 0.217 e. The highest BCUT2D eigenvalue weighted by Gasteiger charge is 2.00. The van der Waals surface area contributed by atoms with Gasteiger partial charge < -0.3 is 11.1 Å². The molecule has 1 amide bonds. The number of carbonyl (C=O) groups excluding carboxylic acids is 1. The van der Waals surface area contributed by atoms with Gasteiger partial charge in [-0.1, -0.05) is 23.2 Å². The summed E-state index contributed by atoms with van der Waals surface area (Å²) < 4.78 is 0. The summed E-state index contributed by atoms with van der Waals surface area (Å²) in [5.74, 6) is 5.64. The number of hydrogen-bond acceptors (Lipinski definition) is 4. The molecule has 0 aromatic carbocycles. The molecular formula is C9H11N3OS. The molecule has 3 N–H and O–H groups in total. The monoisotopic (exact) mass is 209 g/mol. The number of nitrogens with zero attached hydrogens (tertiary/aromatic N) is 1. The van der Waals surface area contributed by atoms with Gasteiger partial charge in [0.15, 0.2) is 5.13 Å². The number of anilines is 1. The predicted octanol–water partition coefficient (Wildman–Crippen LogP) is 0.521. The average Bonchev–Trinajstić information content (AvgIpc) is 2.39. The molecular weight excluding hydrogens is 198 g/mol. The zero-order chi connectivity index (χ0) is 10.6. The first-order valence-electron chi connectivity index (χ1n) is 4.06. The Hall–Kier alpha value is -1.54. The maximum atomic E-state index is 10.5. The normalized spacial score (nSPS) is 9.00. The summed E-state index contributed by atoms with van der Waals surface area (Å²) in [7, 11) is 0. The van der Waals surface area contributed by atoms with Gasteiger partial charge >= 0.3 is 0 Å². The maximum absolute atomic E-state index is 10.5. The first-order chi connectivity index (χ1) is 6.59. The number of aromatic nitrogens is 1. The molecule has 0 aliphatic rings. The van der Waals surface area contributed by atoms with Gasteiger partial charge in [0, 0.05) is 6.92 Å². The highest BCUT2D eigenvalue weighted by atomic mass is 32.1. The fraction of sp³-hybridized carbons (Fsp3) is 0.333. The number of hydrogen-bond donors (Lipinski definition) is 2. The Balaban J connectivity index is 2.59. The van der Waals surface area contributed by atoms with Gasteiger partial charge in [0.1, 0.15) is 4.88 Å². The molecule has 0 radical (unpaired) electrons. The van der Waals surface area contributed by atoms with Crippen molar-refractivity contribution in [3.8, 4) is 11.8 Å². The Bertz CT molecular complexity index is 400. The minimum absolute atomic E-state index is 0.0835. The van der Waals surface area contributed by atoms with Crippen LogP contribution in [0.3, 0.4) is 0 Å². The van der Waals surface area contributed by atoms with Crippen LogP contribution in [0.2, 0.25) is 0 Å². The second-order valence-electron chi connectivity index (χ2n) is 2.68. The summed E-state index contributed by atoms with van der Waals surface area (Å²) in [6.45, 7) is 3.67. The second-order valence-corrected chi connectivity index (χ2v) is 3.71. The van der Waals surface area contributed by atoms with Crippen molar-refractivity contribution >= 4 is 22.4 Å². The van der Waals surface area contributed by atoms with Crippen LogP contribution < -0.4 is 11.1 Å². The van der Waals surface area contributed by atoms with Crippen LogP contribution in [0.1, 0.15) is 17.5 Å². The topological polar surface area (TPSA) is 68.0 Å². The number of nitrogens with one attached hydrogen (secondary N) is 1. The molecule has 0 unspecified atom stereocenters. The van der Waals surface area contributed by atoms with Crippen LogP contribution in [0.4, 0.5) is 5.13 Å². The van der Waals surface area contributed by atoms with E-state index in [1.54, 1.807) is 0 Å². The lowest BCUT2D eigenvalue weighted by Gasteiger charge is -1.90. The SMILES string of the molecule is CC(=O)NCC#Cc1sc(N)nc1C. The quantitative estimate of drug-likeness (QED) is 0.663. The van der Waals surface area contributed by atoms with Gasteiger partial charge in [0.05, 0.1) is 12.2 Å². The van der Waals surface area contributed by atoms with Crippen molar-refractivity contribution < 1.29 is 4.79 Å². The Morgan fingerprint density at radius 1 is 1.71 bits per heavy atom. The highest BCUT2D eigenvalue weighted by Crippen LogP contribution is 2.17. The molecule has 1 aromatic rings. The number of amides is 1. The molecule has 0 aliphatic heterocycles. The van der Waals surface area contributed by atoms with Crippen molar-refractivity contribution in [2.24, 2.45) is 0 Å². The third kappa shape index (κ3) is 3.07. The van der Waals surface area contributed by atoms with E-state index in [4.69, 9.17) is 5.73 Å². The predicted molar refractivity (Wildman–Crippen MR) is 56.8 cm³/mol. The summed E-state index contributed by atoms with van der Waals surface area (Å²) >= 11 is 1.35. The van der Waals surface area contributed by atoms with E-state index in [0.717, 1.165) is 10.6 Å². The third-order valence-corrected chi connectivity index (χ3v) is 2.34. The van der Waals surface area contributed by atoms with Crippen LogP contribution in [0, 0.1) is 18.8 Å². The summed E-state index contributed by atoms with van der Waals surface area (Å²) in [5, 5.41) is 3.10. The first-order valence-corrected chi connectivity index (χ1v) is 4.87. The minimum atomic E-state index is -0.0835. The number of thiazole rings is 1. The third-order valence-electron chi connectivity index (χ3n) is 1.44. The molecule has 4 nitrogen and oxygen atoms in total. The number of rotatable bonds is 1. The summed E-state index contributed by atoms with van der Waals surface area (Å²) in [6.07, 6.45) is 0. The van der Waals surface area contributed by atoms with E-state index in [-0.39, 0.29) is 5.91 Å². The van der Waals surface area contributed by atoms with E-state index in [0.29, 0.717) is 11.7 Å². The number of aryl methyl sites for hydroxylation is 1. The molecule has 0 spiro atoms. The minimum Gasteiger partial charge on any atom is -0.375 e. The first kappa shape index (κ1) is 10.5. The standard InChI is InChI=1S/C9H11N3OS/c1-6-8(14-9(10)12-6)4-3-5-11-7(2)13/h5H2,1-2H3,(H2,10,12)(H,11,13). The fourth-order valence-corrected chi connectivity index (χ4v) is 1.53. The molecule has 5 heteroatoms. The number of nitrogen functional groups attached to an aromatic ring is 1.